The third-order valence-corrected chi connectivity index (χ3v) is 3.92. The predicted molar refractivity (Wildman–Crippen MR) is 78.3 cm³/mol. The van der Waals surface area contributed by atoms with Crippen LogP contribution >= 0.6 is 0 Å². The van der Waals surface area contributed by atoms with Gasteiger partial charge in [-0.3, -0.25) is 4.79 Å². The minimum Gasteiger partial charge on any atom is -0.333 e. The lowest BCUT2D eigenvalue weighted by Crippen LogP contribution is -2.48. The number of nitrogens with zero attached hydrogens (tertiary/aromatic N) is 6. The van der Waals surface area contributed by atoms with Crippen molar-refractivity contribution in [3.8, 4) is 0 Å². The number of rotatable bonds is 2. The molecule has 1 fully saturated rings. The first kappa shape index (κ1) is 13.9. The first-order valence-electron chi connectivity index (χ1n) is 7.31. The molecule has 0 unspecified atom stereocenters. The first-order chi connectivity index (χ1) is 10.1. The second-order valence-corrected chi connectivity index (χ2v) is 5.41. The molecule has 1 aliphatic heterocycles. The number of amides is 1. The maximum Gasteiger partial charge on any atom is 0.293 e. The monoisotopic (exact) mass is 288 g/mol. The molecule has 1 amide bonds. The Hall–Kier alpha value is -2.02. The summed E-state index contributed by atoms with van der Waals surface area (Å²) >= 11 is 0. The van der Waals surface area contributed by atoms with Crippen LogP contribution < -0.4 is 0 Å². The van der Waals surface area contributed by atoms with Crippen molar-refractivity contribution >= 4 is 11.7 Å². The third-order valence-electron chi connectivity index (χ3n) is 3.92. The van der Waals surface area contributed by atoms with Gasteiger partial charge in [0, 0.05) is 37.6 Å². The van der Waals surface area contributed by atoms with Crippen LogP contribution in [0.5, 0.6) is 0 Å². The number of piperazine rings is 1. The van der Waals surface area contributed by atoms with E-state index in [0.29, 0.717) is 5.78 Å². The van der Waals surface area contributed by atoms with Gasteiger partial charge in [-0.15, -0.1) is 5.10 Å². The Morgan fingerprint density at radius 1 is 1.19 bits per heavy atom. The summed E-state index contributed by atoms with van der Waals surface area (Å²) in [4.78, 5) is 25.3. The van der Waals surface area contributed by atoms with Crippen LogP contribution in [0, 0.1) is 13.8 Å². The highest BCUT2D eigenvalue weighted by Crippen LogP contribution is 2.09. The lowest BCUT2D eigenvalue weighted by Gasteiger charge is -2.33. The van der Waals surface area contributed by atoms with E-state index in [2.05, 4.69) is 26.9 Å². The van der Waals surface area contributed by atoms with E-state index in [0.717, 1.165) is 44.1 Å². The summed E-state index contributed by atoms with van der Waals surface area (Å²) in [6, 6.07) is 1.93. The summed E-state index contributed by atoms with van der Waals surface area (Å²) in [6.07, 6.45) is 0. The number of carbonyl (C=O) groups is 1. The van der Waals surface area contributed by atoms with Crippen molar-refractivity contribution in [2.24, 2.45) is 0 Å². The lowest BCUT2D eigenvalue weighted by atomic mass is 10.3. The number of hydrogen-bond acceptors (Lipinski definition) is 5. The highest BCUT2D eigenvalue weighted by Gasteiger charge is 2.24. The molecule has 0 radical (unpaired) electrons. The van der Waals surface area contributed by atoms with Crippen LogP contribution in [-0.4, -0.2) is 68.0 Å². The quantitative estimate of drug-likeness (QED) is 0.806. The molecule has 0 bridgehead atoms. The van der Waals surface area contributed by atoms with E-state index in [1.165, 1.54) is 0 Å². The maximum absolute atomic E-state index is 12.5. The van der Waals surface area contributed by atoms with E-state index in [1.807, 2.05) is 24.8 Å². The Balaban J connectivity index is 1.84. The highest BCUT2D eigenvalue weighted by atomic mass is 16.2. The van der Waals surface area contributed by atoms with Gasteiger partial charge in [-0.05, 0) is 26.5 Å². The summed E-state index contributed by atoms with van der Waals surface area (Å²) in [5, 5.41) is 4.31. The van der Waals surface area contributed by atoms with E-state index < -0.39 is 0 Å². The smallest absolute Gasteiger partial charge is 0.293 e. The Kier molecular flexibility index (Phi) is 3.59. The van der Waals surface area contributed by atoms with Gasteiger partial charge in [0.05, 0.1) is 0 Å². The Morgan fingerprint density at radius 2 is 1.90 bits per heavy atom. The summed E-state index contributed by atoms with van der Waals surface area (Å²) < 4.78 is 1.63. The molecule has 0 atom stereocenters. The number of likely N-dealkylation sites (N-methyl/N-ethyl adjacent to an activating group) is 1. The van der Waals surface area contributed by atoms with Gasteiger partial charge in [-0.1, -0.05) is 6.92 Å². The van der Waals surface area contributed by atoms with Gasteiger partial charge in [0.15, 0.2) is 0 Å². The summed E-state index contributed by atoms with van der Waals surface area (Å²) in [6.45, 7) is 10.3. The van der Waals surface area contributed by atoms with Gasteiger partial charge in [0.2, 0.25) is 5.82 Å². The molecule has 2 aromatic rings. The third kappa shape index (κ3) is 2.61. The van der Waals surface area contributed by atoms with Crippen molar-refractivity contribution < 1.29 is 4.79 Å². The van der Waals surface area contributed by atoms with Gasteiger partial charge in [-0.25, -0.2) is 9.50 Å². The molecule has 1 aliphatic rings. The first-order valence-corrected chi connectivity index (χ1v) is 7.31. The van der Waals surface area contributed by atoms with Crippen LogP contribution in [0.1, 0.15) is 28.9 Å². The number of aromatic nitrogens is 4. The maximum atomic E-state index is 12.5. The van der Waals surface area contributed by atoms with Crippen molar-refractivity contribution in [1.29, 1.82) is 0 Å². The molecular formula is C14H20N6O. The van der Waals surface area contributed by atoms with Crippen molar-refractivity contribution in [2.45, 2.75) is 20.8 Å². The average Bonchev–Trinajstić information content (AvgIpc) is 2.91. The van der Waals surface area contributed by atoms with Crippen LogP contribution in [0.3, 0.4) is 0 Å². The number of hydrogen-bond donors (Lipinski definition) is 0. The predicted octanol–water partition coefficient (Wildman–Crippen LogP) is 0.519. The molecule has 0 N–H and O–H groups in total. The van der Waals surface area contributed by atoms with E-state index in [4.69, 9.17) is 0 Å². The van der Waals surface area contributed by atoms with Crippen LogP contribution in [-0.2, 0) is 0 Å². The van der Waals surface area contributed by atoms with Gasteiger partial charge < -0.3 is 9.80 Å². The lowest BCUT2D eigenvalue weighted by molar-refractivity contribution is 0.0631. The molecule has 7 heteroatoms. The van der Waals surface area contributed by atoms with Crippen LogP contribution in [0.4, 0.5) is 0 Å². The van der Waals surface area contributed by atoms with Crippen LogP contribution in [0.25, 0.3) is 5.78 Å². The molecule has 0 aliphatic carbocycles. The van der Waals surface area contributed by atoms with E-state index >= 15 is 0 Å². The Bertz CT molecular complexity index is 671. The molecule has 7 nitrogen and oxygen atoms in total. The Morgan fingerprint density at radius 3 is 2.57 bits per heavy atom. The second kappa shape index (κ2) is 5.40. The fraction of sp³-hybridized carbons (Fsp3) is 0.571. The zero-order chi connectivity index (χ0) is 15.0. The fourth-order valence-electron chi connectivity index (χ4n) is 2.67. The topological polar surface area (TPSA) is 66.6 Å². The molecule has 0 aromatic carbocycles. The molecule has 0 spiro atoms. The molecule has 2 aromatic heterocycles. The standard InChI is InChI=1S/C14H20N6O/c1-4-18-5-7-19(8-6-18)13(21)12-16-14-15-10(2)9-11(3)20(14)17-12/h9H,4-8H2,1-3H3. The van der Waals surface area contributed by atoms with Crippen LogP contribution in [0.2, 0.25) is 0 Å². The second-order valence-electron chi connectivity index (χ2n) is 5.41. The van der Waals surface area contributed by atoms with E-state index in [-0.39, 0.29) is 11.7 Å². The largest absolute Gasteiger partial charge is 0.333 e. The zero-order valence-electron chi connectivity index (χ0n) is 12.7. The minimum atomic E-state index is -0.103. The van der Waals surface area contributed by atoms with Gasteiger partial charge in [0.25, 0.3) is 11.7 Å². The summed E-state index contributed by atoms with van der Waals surface area (Å²) in [5.41, 5.74) is 1.81. The van der Waals surface area contributed by atoms with E-state index in [1.54, 1.807) is 4.52 Å². The van der Waals surface area contributed by atoms with E-state index in [9.17, 15) is 4.79 Å². The molecule has 112 valence electrons. The zero-order valence-corrected chi connectivity index (χ0v) is 12.7. The van der Waals surface area contributed by atoms with Gasteiger partial charge >= 0.3 is 0 Å². The van der Waals surface area contributed by atoms with Crippen molar-refractivity contribution in [1.82, 2.24) is 29.4 Å². The van der Waals surface area contributed by atoms with Crippen LogP contribution in [0.15, 0.2) is 6.07 Å². The number of carbonyl (C=O) groups excluding carboxylic acids is 1. The van der Waals surface area contributed by atoms with Gasteiger partial charge in [0.1, 0.15) is 0 Å². The Labute approximate surface area is 123 Å². The van der Waals surface area contributed by atoms with Gasteiger partial charge in [-0.2, -0.15) is 4.98 Å². The van der Waals surface area contributed by atoms with Crippen molar-refractivity contribution in [2.75, 3.05) is 32.7 Å². The average molecular weight is 288 g/mol. The molecule has 0 saturated carbocycles. The van der Waals surface area contributed by atoms with Crippen molar-refractivity contribution in [3.05, 3.63) is 23.3 Å². The molecule has 3 rings (SSSR count). The van der Waals surface area contributed by atoms with Crippen molar-refractivity contribution in [3.63, 3.8) is 0 Å². The molecule has 3 heterocycles. The minimum absolute atomic E-state index is 0.103. The SMILES string of the molecule is CCN1CCN(C(=O)c2nc3nc(C)cc(C)n3n2)CC1. The normalized spacial score (nSPS) is 16.6. The molecule has 21 heavy (non-hydrogen) atoms. The summed E-state index contributed by atoms with van der Waals surface area (Å²) in [7, 11) is 0. The highest BCUT2D eigenvalue weighted by molar-refractivity contribution is 5.91. The fourth-order valence-corrected chi connectivity index (χ4v) is 2.67. The molecule has 1 saturated heterocycles. The molecular weight excluding hydrogens is 268 g/mol. The number of fused-ring (bicyclic) bond motifs is 1. The number of aryl methyl sites for hydroxylation is 2. The summed E-state index contributed by atoms with van der Waals surface area (Å²) in [5.74, 6) is 0.623.